The average molecular weight is 397 g/mol. The van der Waals surface area contributed by atoms with E-state index in [4.69, 9.17) is 5.11 Å². The number of amides is 1. The summed E-state index contributed by atoms with van der Waals surface area (Å²) in [6.45, 7) is 6.72. The highest BCUT2D eigenvalue weighted by atomic mass is 32.2. The normalized spacial score (nSPS) is 17.7. The number of aromatic carboxylic acids is 1. The maximum absolute atomic E-state index is 12.8. The van der Waals surface area contributed by atoms with E-state index in [0.29, 0.717) is 18.8 Å². The molecular formula is C19H28N2O5S. The van der Waals surface area contributed by atoms with Crippen molar-refractivity contribution >= 4 is 21.9 Å². The van der Waals surface area contributed by atoms with Crippen molar-refractivity contribution in [1.82, 2.24) is 9.21 Å². The maximum Gasteiger partial charge on any atom is 0.335 e. The van der Waals surface area contributed by atoms with E-state index in [9.17, 15) is 18.0 Å². The number of nitrogens with zero attached hydrogens (tertiary/aromatic N) is 2. The van der Waals surface area contributed by atoms with Crippen LogP contribution in [0, 0.1) is 11.8 Å². The van der Waals surface area contributed by atoms with Gasteiger partial charge in [0.25, 0.3) is 0 Å². The molecule has 1 heterocycles. The Hall–Kier alpha value is -1.93. The minimum absolute atomic E-state index is 0.0422. The van der Waals surface area contributed by atoms with Gasteiger partial charge in [-0.15, -0.1) is 0 Å². The van der Waals surface area contributed by atoms with Gasteiger partial charge in [-0.3, -0.25) is 4.79 Å². The van der Waals surface area contributed by atoms with Crippen molar-refractivity contribution in [1.29, 1.82) is 0 Å². The van der Waals surface area contributed by atoms with Crippen LogP contribution in [0.4, 0.5) is 0 Å². The predicted molar refractivity (Wildman–Crippen MR) is 102 cm³/mol. The molecule has 0 aliphatic carbocycles. The topological polar surface area (TPSA) is 95.0 Å². The van der Waals surface area contributed by atoms with Gasteiger partial charge in [-0.1, -0.05) is 13.8 Å². The molecule has 1 unspecified atom stereocenters. The fourth-order valence-electron chi connectivity index (χ4n) is 3.20. The lowest BCUT2D eigenvalue weighted by Crippen LogP contribution is -2.46. The molecule has 1 aromatic rings. The summed E-state index contributed by atoms with van der Waals surface area (Å²) in [7, 11) is -1.88. The SMILES string of the molecule is CC(C)C(C)N(C)C(=O)C1CCN(S(=O)(=O)c2ccc(C(=O)O)cc2)CC1. The summed E-state index contributed by atoms with van der Waals surface area (Å²) in [5.74, 6) is -0.845. The molecular weight excluding hydrogens is 368 g/mol. The monoisotopic (exact) mass is 396 g/mol. The summed E-state index contributed by atoms with van der Waals surface area (Å²) >= 11 is 0. The van der Waals surface area contributed by atoms with Crippen molar-refractivity contribution in [3.63, 3.8) is 0 Å². The lowest BCUT2D eigenvalue weighted by atomic mass is 9.95. The van der Waals surface area contributed by atoms with Crippen LogP contribution in [0.5, 0.6) is 0 Å². The van der Waals surface area contributed by atoms with Gasteiger partial charge in [0.05, 0.1) is 10.5 Å². The van der Waals surface area contributed by atoms with Gasteiger partial charge in [0.2, 0.25) is 15.9 Å². The van der Waals surface area contributed by atoms with Crippen molar-refractivity contribution in [3.05, 3.63) is 29.8 Å². The van der Waals surface area contributed by atoms with E-state index in [1.807, 2.05) is 6.92 Å². The highest BCUT2D eigenvalue weighted by Gasteiger charge is 2.34. The van der Waals surface area contributed by atoms with E-state index in [1.165, 1.54) is 28.6 Å². The number of hydrogen-bond acceptors (Lipinski definition) is 4. The molecule has 0 aromatic heterocycles. The van der Waals surface area contributed by atoms with Gasteiger partial charge in [0.1, 0.15) is 0 Å². The van der Waals surface area contributed by atoms with Gasteiger partial charge in [0, 0.05) is 32.1 Å². The van der Waals surface area contributed by atoms with Gasteiger partial charge in [-0.05, 0) is 49.9 Å². The first-order valence-electron chi connectivity index (χ1n) is 9.16. The van der Waals surface area contributed by atoms with Crippen LogP contribution in [0.3, 0.4) is 0 Å². The van der Waals surface area contributed by atoms with Crippen molar-refractivity contribution < 1.29 is 23.1 Å². The molecule has 1 aliphatic rings. The molecule has 0 radical (unpaired) electrons. The van der Waals surface area contributed by atoms with Crippen molar-refractivity contribution in [2.75, 3.05) is 20.1 Å². The van der Waals surface area contributed by atoms with E-state index in [2.05, 4.69) is 13.8 Å². The van der Waals surface area contributed by atoms with Crippen LogP contribution in [-0.2, 0) is 14.8 Å². The quantitative estimate of drug-likeness (QED) is 0.796. The Morgan fingerprint density at radius 3 is 2.07 bits per heavy atom. The zero-order chi connectivity index (χ0) is 20.4. The molecule has 0 saturated carbocycles. The molecule has 1 saturated heterocycles. The molecule has 27 heavy (non-hydrogen) atoms. The predicted octanol–water partition coefficient (Wildman–Crippen LogP) is 2.29. The Balaban J connectivity index is 2.03. The van der Waals surface area contributed by atoms with Crippen LogP contribution in [0.2, 0.25) is 0 Å². The summed E-state index contributed by atoms with van der Waals surface area (Å²) in [6.07, 6.45) is 0.973. The van der Waals surface area contributed by atoms with Gasteiger partial charge in [-0.2, -0.15) is 4.31 Å². The van der Waals surface area contributed by atoms with Gasteiger partial charge in [-0.25, -0.2) is 13.2 Å². The number of carbonyl (C=O) groups excluding carboxylic acids is 1. The number of benzene rings is 1. The number of hydrogen-bond donors (Lipinski definition) is 1. The first-order valence-corrected chi connectivity index (χ1v) is 10.6. The van der Waals surface area contributed by atoms with Crippen LogP contribution in [-0.4, -0.2) is 60.8 Å². The minimum Gasteiger partial charge on any atom is -0.478 e. The standard InChI is InChI=1S/C19H28N2O5S/c1-13(2)14(3)20(4)18(22)15-9-11-21(12-10-15)27(25,26)17-7-5-16(6-8-17)19(23)24/h5-8,13-15H,9-12H2,1-4H3,(H,23,24). The smallest absolute Gasteiger partial charge is 0.335 e. The van der Waals surface area contributed by atoms with Crippen LogP contribution in [0.1, 0.15) is 44.0 Å². The summed E-state index contributed by atoms with van der Waals surface area (Å²) in [4.78, 5) is 25.4. The first kappa shape index (κ1) is 21.4. The Morgan fingerprint density at radius 2 is 1.63 bits per heavy atom. The summed E-state index contributed by atoms with van der Waals surface area (Å²) in [5, 5.41) is 8.93. The maximum atomic E-state index is 12.8. The lowest BCUT2D eigenvalue weighted by Gasteiger charge is -2.35. The Morgan fingerprint density at radius 1 is 1.11 bits per heavy atom. The van der Waals surface area contributed by atoms with Gasteiger partial charge < -0.3 is 10.0 Å². The third-order valence-corrected chi connectivity index (χ3v) is 7.38. The van der Waals surface area contributed by atoms with E-state index in [-0.39, 0.29) is 41.4 Å². The molecule has 0 spiro atoms. The van der Waals surface area contributed by atoms with E-state index < -0.39 is 16.0 Å². The number of carboxylic acids is 1. The highest BCUT2D eigenvalue weighted by molar-refractivity contribution is 7.89. The molecule has 7 nitrogen and oxygen atoms in total. The summed E-state index contributed by atoms with van der Waals surface area (Å²) in [5.41, 5.74) is 0.0422. The second kappa shape index (κ2) is 8.39. The molecule has 1 amide bonds. The Bertz CT molecular complexity index is 781. The highest BCUT2D eigenvalue weighted by Crippen LogP contribution is 2.26. The summed E-state index contributed by atoms with van der Waals surface area (Å²) in [6, 6.07) is 5.33. The molecule has 2 rings (SSSR count). The molecule has 1 N–H and O–H groups in total. The largest absolute Gasteiger partial charge is 0.478 e. The minimum atomic E-state index is -3.69. The molecule has 1 atom stereocenters. The van der Waals surface area contributed by atoms with Crippen LogP contribution >= 0.6 is 0 Å². The third-order valence-electron chi connectivity index (χ3n) is 5.47. The molecule has 0 bridgehead atoms. The Kier molecular flexibility index (Phi) is 6.64. The zero-order valence-electron chi connectivity index (χ0n) is 16.3. The van der Waals surface area contributed by atoms with Crippen molar-refractivity contribution in [2.45, 2.75) is 44.6 Å². The molecule has 150 valence electrons. The molecule has 1 fully saturated rings. The van der Waals surface area contributed by atoms with Gasteiger partial charge >= 0.3 is 5.97 Å². The fourth-order valence-corrected chi connectivity index (χ4v) is 4.67. The molecule has 1 aromatic carbocycles. The second-order valence-electron chi connectivity index (χ2n) is 7.44. The van der Waals surface area contributed by atoms with Crippen molar-refractivity contribution in [2.24, 2.45) is 11.8 Å². The first-order chi connectivity index (χ1) is 12.6. The van der Waals surface area contributed by atoms with Crippen LogP contribution in [0.25, 0.3) is 0 Å². The number of rotatable bonds is 6. The van der Waals surface area contributed by atoms with Gasteiger partial charge in [0.15, 0.2) is 0 Å². The van der Waals surface area contributed by atoms with Crippen molar-refractivity contribution in [3.8, 4) is 0 Å². The Labute approximate surface area is 161 Å². The number of piperidine rings is 1. The fraction of sp³-hybridized carbons (Fsp3) is 0.579. The average Bonchev–Trinajstić information content (AvgIpc) is 2.66. The number of carboxylic acid groups (broad SMARTS) is 1. The zero-order valence-corrected chi connectivity index (χ0v) is 17.1. The molecule has 8 heteroatoms. The third kappa shape index (κ3) is 4.68. The van der Waals surface area contributed by atoms with E-state index >= 15 is 0 Å². The number of sulfonamides is 1. The summed E-state index contributed by atoms with van der Waals surface area (Å²) < 4.78 is 26.9. The van der Waals surface area contributed by atoms with E-state index in [0.717, 1.165) is 0 Å². The van der Waals surface area contributed by atoms with Crippen LogP contribution in [0.15, 0.2) is 29.2 Å². The number of carbonyl (C=O) groups is 2. The van der Waals surface area contributed by atoms with E-state index in [1.54, 1.807) is 11.9 Å². The molecule has 1 aliphatic heterocycles. The second-order valence-corrected chi connectivity index (χ2v) is 9.38. The van der Waals surface area contributed by atoms with Crippen LogP contribution < -0.4 is 0 Å². The lowest BCUT2D eigenvalue weighted by molar-refractivity contribution is -0.138.